The van der Waals surface area contributed by atoms with Crippen molar-refractivity contribution < 1.29 is 69.0 Å². The smallest absolute Gasteiger partial charge is 0.306 e. The SMILES string of the molecule is CCC/C=C\C/C=C\CCCCCCCCOCC(COC1OC(COC2OC(CO)C(O)C(O)C2O)C(O)C(O)C1O)OC(=O)CCCCCC. The predicted molar refractivity (Wildman–Crippen MR) is 192 cm³/mol. The van der Waals surface area contributed by atoms with E-state index in [1.165, 1.54) is 19.3 Å². The third-order valence-electron chi connectivity index (χ3n) is 9.19. The van der Waals surface area contributed by atoms with Gasteiger partial charge in [-0.3, -0.25) is 4.79 Å². The van der Waals surface area contributed by atoms with Crippen LogP contribution < -0.4 is 0 Å². The largest absolute Gasteiger partial charge is 0.457 e. The molecule has 0 aromatic carbocycles. The van der Waals surface area contributed by atoms with E-state index in [0.717, 1.165) is 64.2 Å². The fraction of sp³-hybridized carbons (Fsp3) is 0.868. The van der Waals surface area contributed by atoms with E-state index in [-0.39, 0.29) is 19.6 Å². The number of rotatable bonds is 28. The lowest BCUT2D eigenvalue weighted by Gasteiger charge is -2.42. The first-order valence-corrected chi connectivity index (χ1v) is 19.4. The summed E-state index contributed by atoms with van der Waals surface area (Å²) in [6.45, 7) is 3.42. The molecule has 0 radical (unpaired) electrons. The Bertz CT molecular complexity index is 964. The molecule has 0 aromatic heterocycles. The highest BCUT2D eigenvalue weighted by Crippen LogP contribution is 2.26. The molecule has 7 N–H and O–H groups in total. The lowest BCUT2D eigenvalue weighted by Crippen LogP contribution is -2.61. The predicted octanol–water partition coefficient (Wildman–Crippen LogP) is 2.56. The van der Waals surface area contributed by atoms with E-state index in [0.29, 0.717) is 13.0 Å². The molecule has 14 nitrogen and oxygen atoms in total. The van der Waals surface area contributed by atoms with E-state index in [4.69, 9.17) is 28.4 Å². The molecule has 2 aliphatic heterocycles. The van der Waals surface area contributed by atoms with Crippen LogP contribution in [0.4, 0.5) is 0 Å². The summed E-state index contributed by atoms with van der Waals surface area (Å²) in [5.74, 6) is -0.400. The van der Waals surface area contributed by atoms with Crippen molar-refractivity contribution in [2.75, 3.05) is 33.0 Å². The van der Waals surface area contributed by atoms with Crippen LogP contribution in [0.5, 0.6) is 0 Å². The van der Waals surface area contributed by atoms with Crippen molar-refractivity contribution in [3.05, 3.63) is 24.3 Å². The lowest BCUT2D eigenvalue weighted by molar-refractivity contribution is -0.332. The number of ether oxygens (including phenoxy) is 6. The molecule has 2 aliphatic rings. The third kappa shape index (κ3) is 17.7. The molecule has 0 spiro atoms. The van der Waals surface area contributed by atoms with Gasteiger partial charge >= 0.3 is 5.97 Å². The fourth-order valence-corrected chi connectivity index (χ4v) is 5.91. The highest BCUT2D eigenvalue weighted by molar-refractivity contribution is 5.69. The first-order valence-electron chi connectivity index (χ1n) is 19.4. The number of hydrogen-bond acceptors (Lipinski definition) is 14. The van der Waals surface area contributed by atoms with E-state index in [9.17, 15) is 40.5 Å². The lowest BCUT2D eigenvalue weighted by atomic mass is 9.98. The molecule has 14 heteroatoms. The van der Waals surface area contributed by atoms with Gasteiger partial charge in [0.1, 0.15) is 54.9 Å². The molecule has 2 rings (SSSR count). The summed E-state index contributed by atoms with van der Waals surface area (Å²) in [7, 11) is 0. The Labute approximate surface area is 309 Å². The van der Waals surface area contributed by atoms with E-state index < -0.39 is 86.7 Å². The van der Waals surface area contributed by atoms with Crippen molar-refractivity contribution >= 4 is 5.97 Å². The average molecular weight is 749 g/mol. The van der Waals surface area contributed by atoms with Crippen molar-refractivity contribution in [2.45, 2.75) is 178 Å². The number of carbonyl (C=O) groups is 1. The van der Waals surface area contributed by atoms with Crippen LogP contribution in [0, 0.1) is 0 Å². The van der Waals surface area contributed by atoms with Crippen molar-refractivity contribution in [1.82, 2.24) is 0 Å². The Morgan fingerprint density at radius 2 is 1.23 bits per heavy atom. The highest BCUT2D eigenvalue weighted by atomic mass is 16.7. The number of aliphatic hydroxyl groups is 7. The van der Waals surface area contributed by atoms with Gasteiger partial charge in [-0.05, 0) is 38.5 Å². The van der Waals surface area contributed by atoms with Gasteiger partial charge in [0.15, 0.2) is 12.6 Å². The van der Waals surface area contributed by atoms with Crippen molar-refractivity contribution in [1.29, 1.82) is 0 Å². The van der Waals surface area contributed by atoms with Gasteiger partial charge in [-0.2, -0.15) is 0 Å². The van der Waals surface area contributed by atoms with Crippen LogP contribution in [0.3, 0.4) is 0 Å². The summed E-state index contributed by atoms with van der Waals surface area (Å²) in [6, 6.07) is 0. The number of hydrogen-bond donors (Lipinski definition) is 7. The van der Waals surface area contributed by atoms with E-state index in [1.807, 2.05) is 0 Å². The minimum Gasteiger partial charge on any atom is -0.457 e. The minimum absolute atomic E-state index is 0.0539. The zero-order chi connectivity index (χ0) is 38.1. The Kier molecular flexibility index (Phi) is 25.1. The molecule has 2 fully saturated rings. The molecule has 304 valence electrons. The van der Waals surface area contributed by atoms with Crippen molar-refractivity contribution in [2.24, 2.45) is 0 Å². The minimum atomic E-state index is -1.70. The Balaban J connectivity index is 1.80. The van der Waals surface area contributed by atoms with Crippen LogP contribution in [-0.4, -0.2) is 142 Å². The van der Waals surface area contributed by atoms with Gasteiger partial charge in [0.25, 0.3) is 0 Å². The maximum Gasteiger partial charge on any atom is 0.306 e. The summed E-state index contributed by atoms with van der Waals surface area (Å²) >= 11 is 0. The summed E-state index contributed by atoms with van der Waals surface area (Å²) in [5, 5.41) is 71.4. The Hall–Kier alpha value is -1.53. The average Bonchev–Trinajstić information content (AvgIpc) is 3.14. The van der Waals surface area contributed by atoms with Gasteiger partial charge in [0.05, 0.1) is 26.4 Å². The molecule has 0 aromatic rings. The molecular formula is C38H68O14. The van der Waals surface area contributed by atoms with Crippen LogP contribution in [0.25, 0.3) is 0 Å². The maximum atomic E-state index is 12.6. The fourth-order valence-electron chi connectivity index (χ4n) is 5.91. The molecule has 11 atom stereocenters. The summed E-state index contributed by atoms with van der Waals surface area (Å²) in [5.41, 5.74) is 0. The second-order valence-corrected chi connectivity index (χ2v) is 13.8. The zero-order valence-electron chi connectivity index (χ0n) is 31.3. The molecule has 52 heavy (non-hydrogen) atoms. The Morgan fingerprint density at radius 1 is 0.635 bits per heavy atom. The summed E-state index contributed by atoms with van der Waals surface area (Å²) in [6.07, 6.45) is 7.59. The van der Waals surface area contributed by atoms with Crippen LogP contribution in [-0.2, 0) is 33.2 Å². The molecule has 11 unspecified atom stereocenters. The van der Waals surface area contributed by atoms with E-state index in [2.05, 4.69) is 38.2 Å². The number of unbranched alkanes of at least 4 members (excludes halogenated alkanes) is 10. The first kappa shape index (κ1) is 46.6. The zero-order valence-corrected chi connectivity index (χ0v) is 31.3. The second kappa shape index (κ2) is 28.0. The number of allylic oxidation sites excluding steroid dienone is 4. The standard InChI is InChI=1S/C38H68O14/c1-3-5-7-9-10-11-12-13-14-15-16-17-18-20-22-47-24-27(50-30(40)21-19-8-6-4-2)25-48-37-36(46)34(44)32(42)29(52-37)26-49-38-35(45)33(43)31(41)28(23-39)51-38/h7,9,11-12,27-29,31-39,41-46H,3-6,8,10,13-26H2,1-2H3/b9-7-,12-11-. The molecule has 0 aliphatic carbocycles. The van der Waals surface area contributed by atoms with Gasteiger partial charge in [0.2, 0.25) is 0 Å². The van der Waals surface area contributed by atoms with Gasteiger partial charge in [-0.25, -0.2) is 0 Å². The second-order valence-electron chi connectivity index (χ2n) is 13.8. The summed E-state index contributed by atoms with van der Waals surface area (Å²) < 4.78 is 33.7. The van der Waals surface area contributed by atoms with Crippen LogP contribution in [0.15, 0.2) is 24.3 Å². The summed E-state index contributed by atoms with van der Waals surface area (Å²) in [4.78, 5) is 12.6. The number of aliphatic hydroxyl groups excluding tert-OH is 7. The molecule has 0 bridgehead atoms. The van der Waals surface area contributed by atoms with Gasteiger partial charge in [0, 0.05) is 13.0 Å². The molecular weight excluding hydrogens is 680 g/mol. The van der Waals surface area contributed by atoms with Crippen LogP contribution >= 0.6 is 0 Å². The van der Waals surface area contributed by atoms with Crippen LogP contribution in [0.2, 0.25) is 0 Å². The third-order valence-corrected chi connectivity index (χ3v) is 9.19. The highest BCUT2D eigenvalue weighted by Gasteiger charge is 2.47. The van der Waals surface area contributed by atoms with Gasteiger partial charge in [-0.1, -0.05) is 89.5 Å². The van der Waals surface area contributed by atoms with E-state index in [1.54, 1.807) is 0 Å². The van der Waals surface area contributed by atoms with E-state index >= 15 is 0 Å². The topological polar surface area (TPSA) is 214 Å². The van der Waals surface area contributed by atoms with Crippen molar-refractivity contribution in [3.8, 4) is 0 Å². The maximum absolute atomic E-state index is 12.6. The van der Waals surface area contributed by atoms with Crippen molar-refractivity contribution in [3.63, 3.8) is 0 Å². The quantitative estimate of drug-likeness (QED) is 0.0348. The normalized spacial score (nSPS) is 30.3. The molecule has 0 amide bonds. The van der Waals surface area contributed by atoms with Crippen LogP contribution in [0.1, 0.15) is 110 Å². The van der Waals surface area contributed by atoms with Gasteiger partial charge in [-0.15, -0.1) is 0 Å². The first-order chi connectivity index (χ1) is 25.1. The Morgan fingerprint density at radius 3 is 1.90 bits per heavy atom. The molecule has 0 saturated carbocycles. The number of esters is 1. The molecule has 2 saturated heterocycles. The van der Waals surface area contributed by atoms with Gasteiger partial charge < -0.3 is 64.2 Å². The monoisotopic (exact) mass is 748 g/mol. The molecule has 2 heterocycles. The number of carbonyl (C=O) groups excluding carboxylic acids is 1.